The predicted molar refractivity (Wildman–Crippen MR) is 53.7 cm³/mol. The highest BCUT2D eigenvalue weighted by Crippen LogP contribution is 2.39. The van der Waals surface area contributed by atoms with Crippen LogP contribution in [0, 0.1) is 5.92 Å². The van der Waals surface area contributed by atoms with Crippen LogP contribution in [0.5, 0.6) is 0 Å². The van der Waals surface area contributed by atoms with E-state index in [-0.39, 0.29) is 6.04 Å². The first-order valence-electron chi connectivity index (χ1n) is 5.07. The molecule has 5 heteroatoms. The summed E-state index contributed by atoms with van der Waals surface area (Å²) in [6, 6.07) is 3.70. The van der Waals surface area contributed by atoms with Gasteiger partial charge in [0.15, 0.2) is 0 Å². The summed E-state index contributed by atoms with van der Waals surface area (Å²) in [5, 5.41) is 3.89. The van der Waals surface area contributed by atoms with E-state index in [1.807, 2.05) is 18.3 Å². The molecular formula is C10H12N4O. The highest BCUT2D eigenvalue weighted by Gasteiger charge is 2.33. The van der Waals surface area contributed by atoms with Crippen LogP contribution < -0.4 is 5.73 Å². The predicted octanol–water partition coefficient (Wildman–Crippen LogP) is 1.47. The van der Waals surface area contributed by atoms with Gasteiger partial charge < -0.3 is 15.2 Å². The van der Waals surface area contributed by atoms with E-state index in [1.54, 1.807) is 0 Å². The minimum absolute atomic E-state index is 0.0961. The van der Waals surface area contributed by atoms with Gasteiger partial charge in [-0.1, -0.05) is 5.16 Å². The second-order valence-corrected chi connectivity index (χ2v) is 3.90. The number of hydrogen-bond acceptors (Lipinski definition) is 4. The van der Waals surface area contributed by atoms with Gasteiger partial charge in [-0.2, -0.15) is 4.98 Å². The summed E-state index contributed by atoms with van der Waals surface area (Å²) >= 11 is 0. The molecule has 5 nitrogen and oxygen atoms in total. The minimum atomic E-state index is -0.0961. The fraction of sp³-hybridized carbons (Fsp3) is 0.400. The summed E-state index contributed by atoms with van der Waals surface area (Å²) in [5.41, 5.74) is 6.82. The summed E-state index contributed by atoms with van der Waals surface area (Å²) in [4.78, 5) is 7.30. The third kappa shape index (κ3) is 1.55. The molecule has 1 aliphatic rings. The van der Waals surface area contributed by atoms with Crippen LogP contribution in [0.4, 0.5) is 0 Å². The zero-order valence-electron chi connectivity index (χ0n) is 8.18. The van der Waals surface area contributed by atoms with Crippen molar-refractivity contribution in [3.05, 3.63) is 24.2 Å². The highest BCUT2D eigenvalue weighted by molar-refractivity contribution is 5.47. The number of rotatable bonds is 3. The van der Waals surface area contributed by atoms with Crippen LogP contribution in [0.2, 0.25) is 0 Å². The number of aromatic nitrogens is 3. The van der Waals surface area contributed by atoms with Crippen molar-refractivity contribution in [3.63, 3.8) is 0 Å². The summed E-state index contributed by atoms with van der Waals surface area (Å²) < 4.78 is 5.15. The van der Waals surface area contributed by atoms with E-state index in [0.717, 1.165) is 5.69 Å². The number of nitrogens with zero attached hydrogens (tertiary/aromatic N) is 2. The van der Waals surface area contributed by atoms with Gasteiger partial charge in [-0.3, -0.25) is 0 Å². The Labute approximate surface area is 86.7 Å². The van der Waals surface area contributed by atoms with Crippen molar-refractivity contribution in [1.82, 2.24) is 15.1 Å². The Balaban J connectivity index is 1.87. The number of aromatic amines is 1. The lowest BCUT2D eigenvalue weighted by molar-refractivity contribution is 0.343. The van der Waals surface area contributed by atoms with E-state index < -0.39 is 0 Å². The molecule has 0 aromatic carbocycles. The summed E-state index contributed by atoms with van der Waals surface area (Å²) in [5.74, 6) is 1.65. The molecule has 0 amide bonds. The first kappa shape index (κ1) is 8.67. The number of nitrogens with one attached hydrogen (secondary N) is 1. The second kappa shape index (κ2) is 3.20. The fourth-order valence-electron chi connectivity index (χ4n) is 1.61. The Bertz CT molecular complexity index is 444. The summed E-state index contributed by atoms with van der Waals surface area (Å²) in [6.45, 7) is 0. The lowest BCUT2D eigenvalue weighted by atomic mass is 10.2. The Morgan fingerprint density at radius 1 is 1.53 bits per heavy atom. The first-order chi connectivity index (χ1) is 7.34. The van der Waals surface area contributed by atoms with Gasteiger partial charge in [-0.25, -0.2) is 0 Å². The molecule has 3 N–H and O–H groups in total. The van der Waals surface area contributed by atoms with Crippen LogP contribution in [0.25, 0.3) is 11.5 Å². The molecule has 3 rings (SSSR count). The average Bonchev–Trinajstić information content (AvgIpc) is 2.80. The zero-order chi connectivity index (χ0) is 10.3. The van der Waals surface area contributed by atoms with Crippen molar-refractivity contribution in [2.75, 3.05) is 0 Å². The summed E-state index contributed by atoms with van der Waals surface area (Å²) in [7, 11) is 0. The Morgan fingerprint density at radius 2 is 2.40 bits per heavy atom. The molecule has 15 heavy (non-hydrogen) atoms. The molecule has 2 aromatic heterocycles. The van der Waals surface area contributed by atoms with Crippen molar-refractivity contribution in [2.24, 2.45) is 11.7 Å². The molecule has 78 valence electrons. The van der Waals surface area contributed by atoms with E-state index in [2.05, 4.69) is 15.1 Å². The van der Waals surface area contributed by atoms with Crippen LogP contribution in [0.1, 0.15) is 24.8 Å². The van der Waals surface area contributed by atoms with Crippen LogP contribution in [0.3, 0.4) is 0 Å². The van der Waals surface area contributed by atoms with Gasteiger partial charge in [0.2, 0.25) is 11.7 Å². The van der Waals surface area contributed by atoms with Crippen molar-refractivity contribution in [3.8, 4) is 11.5 Å². The smallest absolute Gasteiger partial charge is 0.244 e. The number of nitrogens with two attached hydrogens (primary N) is 1. The number of hydrogen-bond donors (Lipinski definition) is 2. The Kier molecular flexibility index (Phi) is 1.85. The Hall–Kier alpha value is -1.62. The monoisotopic (exact) mass is 204 g/mol. The molecule has 0 bridgehead atoms. The molecule has 1 saturated carbocycles. The van der Waals surface area contributed by atoms with Crippen LogP contribution >= 0.6 is 0 Å². The standard InChI is InChI=1S/C10H12N4O/c11-8(6-3-4-6)10-13-9(14-15-10)7-2-1-5-12-7/h1-2,5-6,8,12H,3-4,11H2. The van der Waals surface area contributed by atoms with Crippen LogP contribution in [-0.4, -0.2) is 15.1 Å². The topological polar surface area (TPSA) is 80.7 Å². The fourth-order valence-corrected chi connectivity index (χ4v) is 1.61. The largest absolute Gasteiger partial charge is 0.359 e. The minimum Gasteiger partial charge on any atom is -0.359 e. The maximum Gasteiger partial charge on any atom is 0.244 e. The Morgan fingerprint density at radius 3 is 3.07 bits per heavy atom. The van der Waals surface area contributed by atoms with Gasteiger partial charge in [0.25, 0.3) is 0 Å². The zero-order valence-corrected chi connectivity index (χ0v) is 8.18. The molecule has 0 spiro atoms. The molecule has 0 saturated heterocycles. The molecule has 0 aliphatic heterocycles. The van der Waals surface area contributed by atoms with E-state index in [0.29, 0.717) is 17.6 Å². The molecule has 1 atom stereocenters. The lowest BCUT2D eigenvalue weighted by Gasteiger charge is -2.01. The van der Waals surface area contributed by atoms with Crippen molar-refractivity contribution in [1.29, 1.82) is 0 Å². The SMILES string of the molecule is NC(c1nc(-c2ccc[nH]2)no1)C1CC1. The van der Waals surface area contributed by atoms with Gasteiger partial charge in [0.05, 0.1) is 11.7 Å². The van der Waals surface area contributed by atoms with Crippen molar-refractivity contribution >= 4 is 0 Å². The van der Waals surface area contributed by atoms with Crippen LogP contribution in [0.15, 0.2) is 22.9 Å². The van der Waals surface area contributed by atoms with E-state index in [9.17, 15) is 0 Å². The normalized spacial score (nSPS) is 17.9. The van der Waals surface area contributed by atoms with Gasteiger partial charge in [0, 0.05) is 6.20 Å². The summed E-state index contributed by atoms with van der Waals surface area (Å²) in [6.07, 6.45) is 4.16. The molecular weight excluding hydrogens is 192 g/mol. The molecule has 0 radical (unpaired) electrons. The molecule has 2 heterocycles. The van der Waals surface area contributed by atoms with Crippen molar-refractivity contribution < 1.29 is 4.52 Å². The maximum absolute atomic E-state index is 5.96. The quantitative estimate of drug-likeness (QED) is 0.793. The third-order valence-corrected chi connectivity index (χ3v) is 2.70. The van der Waals surface area contributed by atoms with Gasteiger partial charge in [-0.05, 0) is 30.9 Å². The highest BCUT2D eigenvalue weighted by atomic mass is 16.5. The van der Waals surface area contributed by atoms with Gasteiger partial charge in [0.1, 0.15) is 0 Å². The van der Waals surface area contributed by atoms with Crippen LogP contribution in [-0.2, 0) is 0 Å². The average molecular weight is 204 g/mol. The van der Waals surface area contributed by atoms with E-state index in [4.69, 9.17) is 10.3 Å². The van der Waals surface area contributed by atoms with Gasteiger partial charge >= 0.3 is 0 Å². The lowest BCUT2D eigenvalue weighted by Crippen LogP contribution is -2.12. The van der Waals surface area contributed by atoms with E-state index in [1.165, 1.54) is 12.8 Å². The van der Waals surface area contributed by atoms with Crippen molar-refractivity contribution in [2.45, 2.75) is 18.9 Å². The molecule has 1 unspecified atom stereocenters. The first-order valence-corrected chi connectivity index (χ1v) is 5.07. The maximum atomic E-state index is 5.96. The molecule has 1 aliphatic carbocycles. The van der Waals surface area contributed by atoms with Gasteiger partial charge in [-0.15, -0.1) is 0 Å². The molecule has 1 fully saturated rings. The van der Waals surface area contributed by atoms with E-state index >= 15 is 0 Å². The number of H-pyrrole nitrogens is 1. The molecule has 2 aromatic rings. The second-order valence-electron chi connectivity index (χ2n) is 3.90. The third-order valence-electron chi connectivity index (χ3n) is 2.70.